The largest absolute Gasteiger partial charge is 0.396 e. The standard InChI is InChI=1S/C9H14N2O/c1-10-9(4-6-12)8-3-2-5-11-7-8/h2-3,5,7,9-10,12H,4,6H2,1H3. The quantitative estimate of drug-likeness (QED) is 0.693. The molecule has 2 N–H and O–H groups in total. The van der Waals surface area contributed by atoms with E-state index in [9.17, 15) is 0 Å². The number of aliphatic hydroxyl groups excluding tert-OH is 1. The maximum Gasteiger partial charge on any atom is 0.0449 e. The molecule has 0 bridgehead atoms. The predicted molar refractivity (Wildman–Crippen MR) is 47.7 cm³/mol. The lowest BCUT2D eigenvalue weighted by Crippen LogP contribution is -2.17. The van der Waals surface area contributed by atoms with E-state index in [4.69, 9.17) is 5.11 Å². The minimum atomic E-state index is 0.195. The molecule has 0 fully saturated rings. The maximum atomic E-state index is 8.77. The Morgan fingerprint density at radius 3 is 3.00 bits per heavy atom. The van der Waals surface area contributed by atoms with Crippen LogP contribution >= 0.6 is 0 Å². The van der Waals surface area contributed by atoms with Crippen LogP contribution in [-0.2, 0) is 0 Å². The molecular weight excluding hydrogens is 152 g/mol. The van der Waals surface area contributed by atoms with Crippen molar-refractivity contribution in [3.63, 3.8) is 0 Å². The first-order valence-corrected chi connectivity index (χ1v) is 4.06. The zero-order chi connectivity index (χ0) is 8.81. The van der Waals surface area contributed by atoms with Crippen molar-refractivity contribution in [2.24, 2.45) is 0 Å². The molecule has 3 heteroatoms. The molecule has 1 heterocycles. The monoisotopic (exact) mass is 166 g/mol. The molecule has 0 aromatic carbocycles. The number of nitrogens with one attached hydrogen (secondary N) is 1. The Kier molecular flexibility index (Phi) is 3.70. The minimum absolute atomic E-state index is 0.195. The van der Waals surface area contributed by atoms with Crippen molar-refractivity contribution < 1.29 is 5.11 Å². The Balaban J connectivity index is 2.66. The van der Waals surface area contributed by atoms with Crippen LogP contribution in [0.3, 0.4) is 0 Å². The first-order valence-electron chi connectivity index (χ1n) is 4.06. The topological polar surface area (TPSA) is 45.1 Å². The molecule has 1 rings (SSSR count). The molecule has 0 aliphatic carbocycles. The Morgan fingerprint density at radius 2 is 2.50 bits per heavy atom. The van der Waals surface area contributed by atoms with Gasteiger partial charge in [0.15, 0.2) is 0 Å². The van der Waals surface area contributed by atoms with E-state index in [-0.39, 0.29) is 12.6 Å². The summed E-state index contributed by atoms with van der Waals surface area (Å²) in [5.74, 6) is 0. The van der Waals surface area contributed by atoms with Gasteiger partial charge in [-0.1, -0.05) is 6.07 Å². The van der Waals surface area contributed by atoms with Crippen molar-refractivity contribution in [2.45, 2.75) is 12.5 Å². The van der Waals surface area contributed by atoms with E-state index >= 15 is 0 Å². The average molecular weight is 166 g/mol. The van der Waals surface area contributed by atoms with Gasteiger partial charge in [-0.15, -0.1) is 0 Å². The summed E-state index contributed by atoms with van der Waals surface area (Å²) in [5, 5.41) is 11.9. The molecule has 1 aromatic rings. The Bertz CT molecular complexity index is 213. The molecule has 0 aliphatic rings. The fraction of sp³-hybridized carbons (Fsp3) is 0.444. The molecular formula is C9H14N2O. The van der Waals surface area contributed by atoms with Crippen molar-refractivity contribution in [2.75, 3.05) is 13.7 Å². The second-order valence-corrected chi connectivity index (χ2v) is 2.64. The van der Waals surface area contributed by atoms with Crippen LogP contribution in [0.25, 0.3) is 0 Å². The number of aliphatic hydroxyl groups is 1. The van der Waals surface area contributed by atoms with Crippen LogP contribution in [0, 0.1) is 0 Å². The fourth-order valence-electron chi connectivity index (χ4n) is 1.19. The summed E-state index contributed by atoms with van der Waals surface area (Å²) in [7, 11) is 1.88. The van der Waals surface area contributed by atoms with Crippen molar-refractivity contribution in [3.05, 3.63) is 30.1 Å². The summed E-state index contributed by atoms with van der Waals surface area (Å²) in [6.45, 7) is 0.195. The maximum absolute atomic E-state index is 8.77. The first kappa shape index (κ1) is 9.16. The molecule has 0 saturated heterocycles. The van der Waals surface area contributed by atoms with Crippen LogP contribution in [0.5, 0.6) is 0 Å². The van der Waals surface area contributed by atoms with Crippen LogP contribution in [0.4, 0.5) is 0 Å². The van der Waals surface area contributed by atoms with Gasteiger partial charge < -0.3 is 10.4 Å². The van der Waals surface area contributed by atoms with E-state index in [0.717, 1.165) is 12.0 Å². The summed E-state index contributed by atoms with van der Waals surface area (Å²) >= 11 is 0. The van der Waals surface area contributed by atoms with Gasteiger partial charge in [0.05, 0.1) is 0 Å². The second kappa shape index (κ2) is 4.85. The number of hydrogen-bond donors (Lipinski definition) is 2. The molecule has 3 nitrogen and oxygen atoms in total. The van der Waals surface area contributed by atoms with Crippen LogP contribution in [0.2, 0.25) is 0 Å². The van der Waals surface area contributed by atoms with Crippen molar-refractivity contribution >= 4 is 0 Å². The zero-order valence-corrected chi connectivity index (χ0v) is 7.20. The van der Waals surface area contributed by atoms with Gasteiger partial charge >= 0.3 is 0 Å². The number of aromatic nitrogens is 1. The molecule has 1 atom stereocenters. The van der Waals surface area contributed by atoms with Gasteiger partial charge in [0.25, 0.3) is 0 Å². The van der Waals surface area contributed by atoms with Crippen LogP contribution in [-0.4, -0.2) is 23.7 Å². The summed E-state index contributed by atoms with van der Waals surface area (Å²) in [5.41, 5.74) is 1.12. The third-order valence-corrected chi connectivity index (χ3v) is 1.85. The highest BCUT2D eigenvalue weighted by Gasteiger charge is 2.06. The predicted octanol–water partition coefficient (Wildman–Crippen LogP) is 0.725. The first-order chi connectivity index (χ1) is 5.88. The highest BCUT2D eigenvalue weighted by molar-refractivity contribution is 5.13. The molecule has 0 spiro atoms. The van der Waals surface area contributed by atoms with E-state index < -0.39 is 0 Å². The van der Waals surface area contributed by atoms with Gasteiger partial charge in [0.2, 0.25) is 0 Å². The summed E-state index contributed by atoms with van der Waals surface area (Å²) in [4.78, 5) is 4.01. The Morgan fingerprint density at radius 1 is 1.67 bits per heavy atom. The Labute approximate surface area is 72.5 Å². The number of hydrogen-bond acceptors (Lipinski definition) is 3. The van der Waals surface area contributed by atoms with E-state index in [1.54, 1.807) is 6.20 Å². The highest BCUT2D eigenvalue weighted by Crippen LogP contribution is 2.13. The normalized spacial score (nSPS) is 12.8. The number of nitrogens with zero attached hydrogens (tertiary/aromatic N) is 1. The lowest BCUT2D eigenvalue weighted by atomic mass is 10.1. The van der Waals surface area contributed by atoms with Crippen LogP contribution in [0.15, 0.2) is 24.5 Å². The number of rotatable bonds is 4. The lowest BCUT2D eigenvalue weighted by Gasteiger charge is -2.13. The third kappa shape index (κ3) is 2.29. The molecule has 1 aromatic heterocycles. The molecule has 66 valence electrons. The summed E-state index contributed by atoms with van der Waals surface area (Å²) < 4.78 is 0. The number of pyridine rings is 1. The molecule has 0 amide bonds. The van der Waals surface area contributed by atoms with Gasteiger partial charge in [-0.25, -0.2) is 0 Å². The third-order valence-electron chi connectivity index (χ3n) is 1.85. The molecule has 0 radical (unpaired) electrons. The van der Waals surface area contributed by atoms with Crippen molar-refractivity contribution in [1.29, 1.82) is 0 Å². The smallest absolute Gasteiger partial charge is 0.0449 e. The minimum Gasteiger partial charge on any atom is -0.396 e. The van der Waals surface area contributed by atoms with Gasteiger partial charge in [0.1, 0.15) is 0 Å². The van der Waals surface area contributed by atoms with Crippen molar-refractivity contribution in [3.8, 4) is 0 Å². The molecule has 0 saturated carbocycles. The van der Waals surface area contributed by atoms with E-state index in [0.29, 0.717) is 0 Å². The van der Waals surface area contributed by atoms with Gasteiger partial charge in [-0.2, -0.15) is 0 Å². The van der Waals surface area contributed by atoms with Crippen LogP contribution < -0.4 is 5.32 Å². The van der Waals surface area contributed by atoms with E-state index in [1.807, 2.05) is 25.4 Å². The summed E-state index contributed by atoms with van der Waals surface area (Å²) in [6.07, 6.45) is 4.29. The van der Waals surface area contributed by atoms with Gasteiger partial charge in [-0.05, 0) is 25.1 Å². The molecule has 12 heavy (non-hydrogen) atoms. The molecule has 0 aliphatic heterocycles. The van der Waals surface area contributed by atoms with E-state index in [1.165, 1.54) is 0 Å². The highest BCUT2D eigenvalue weighted by atomic mass is 16.3. The van der Waals surface area contributed by atoms with E-state index in [2.05, 4.69) is 10.3 Å². The van der Waals surface area contributed by atoms with Crippen molar-refractivity contribution in [1.82, 2.24) is 10.3 Å². The molecule has 1 unspecified atom stereocenters. The zero-order valence-electron chi connectivity index (χ0n) is 7.20. The SMILES string of the molecule is CNC(CCO)c1cccnc1. The lowest BCUT2D eigenvalue weighted by molar-refractivity contribution is 0.268. The second-order valence-electron chi connectivity index (χ2n) is 2.64. The van der Waals surface area contributed by atoms with Gasteiger partial charge in [0, 0.05) is 25.0 Å². The Hall–Kier alpha value is -0.930. The summed E-state index contributed by atoms with van der Waals surface area (Å²) in [6, 6.07) is 4.12. The van der Waals surface area contributed by atoms with Crippen LogP contribution in [0.1, 0.15) is 18.0 Å². The average Bonchev–Trinajstić information content (AvgIpc) is 2.15. The van der Waals surface area contributed by atoms with Gasteiger partial charge in [-0.3, -0.25) is 4.98 Å². The fourth-order valence-corrected chi connectivity index (χ4v) is 1.19.